The molecule has 0 saturated heterocycles. The Morgan fingerprint density at radius 1 is 1.36 bits per heavy atom. The Kier molecular flexibility index (Phi) is 5.34. The van der Waals surface area contributed by atoms with Crippen molar-refractivity contribution >= 4 is 0 Å². The van der Waals surface area contributed by atoms with Gasteiger partial charge < -0.3 is 10.2 Å². The molecule has 0 aliphatic heterocycles. The van der Waals surface area contributed by atoms with Crippen LogP contribution in [0.15, 0.2) is 35.5 Å². The lowest BCUT2D eigenvalue weighted by atomic mass is 9.79. The first-order chi connectivity index (χ1) is 10.2. The molecule has 1 fully saturated rings. The number of aliphatic hydroxyl groups is 2. The second-order valence-electron chi connectivity index (χ2n) is 7.82. The van der Waals surface area contributed by atoms with Gasteiger partial charge >= 0.3 is 0 Å². The molecule has 0 aromatic rings. The van der Waals surface area contributed by atoms with Crippen molar-refractivity contribution in [1.29, 1.82) is 0 Å². The first-order valence-electron chi connectivity index (χ1n) is 8.67. The van der Waals surface area contributed by atoms with E-state index in [1.165, 1.54) is 11.1 Å². The summed E-state index contributed by atoms with van der Waals surface area (Å²) in [7, 11) is 0. The molecule has 0 aromatic heterocycles. The first kappa shape index (κ1) is 17.5. The largest absolute Gasteiger partial charge is 0.390 e. The summed E-state index contributed by atoms with van der Waals surface area (Å²) in [6.07, 6.45) is 8.44. The summed E-state index contributed by atoms with van der Waals surface area (Å²) in [6, 6.07) is 0. The predicted octanol–water partition coefficient (Wildman–Crippen LogP) is 4.39. The minimum Gasteiger partial charge on any atom is -0.390 e. The fourth-order valence-electron chi connectivity index (χ4n) is 4.07. The van der Waals surface area contributed by atoms with Crippen LogP contribution in [0, 0.1) is 17.8 Å². The van der Waals surface area contributed by atoms with E-state index in [9.17, 15) is 10.2 Å². The molecule has 0 spiro atoms. The molecule has 2 N–H and O–H groups in total. The Labute approximate surface area is 135 Å². The highest BCUT2D eigenvalue weighted by Gasteiger charge is 2.43. The van der Waals surface area contributed by atoms with Crippen molar-refractivity contribution in [2.24, 2.45) is 17.8 Å². The molecule has 2 heteroatoms. The Morgan fingerprint density at radius 2 is 2.05 bits per heavy atom. The summed E-state index contributed by atoms with van der Waals surface area (Å²) in [5.74, 6) is 0.696. The highest BCUT2D eigenvalue weighted by Crippen LogP contribution is 2.46. The monoisotopic (exact) mass is 304 g/mol. The molecule has 0 aromatic carbocycles. The predicted molar refractivity (Wildman–Crippen MR) is 92.5 cm³/mol. The lowest BCUT2D eigenvalue weighted by Gasteiger charge is -2.30. The van der Waals surface area contributed by atoms with E-state index in [2.05, 4.69) is 39.5 Å². The number of hydrogen-bond donors (Lipinski definition) is 2. The molecule has 2 aliphatic rings. The fourth-order valence-corrected chi connectivity index (χ4v) is 4.07. The van der Waals surface area contributed by atoms with Gasteiger partial charge in [-0.05, 0) is 63.4 Å². The first-order valence-corrected chi connectivity index (χ1v) is 8.67. The topological polar surface area (TPSA) is 40.5 Å². The van der Waals surface area contributed by atoms with Crippen LogP contribution in [-0.2, 0) is 0 Å². The van der Waals surface area contributed by atoms with Crippen molar-refractivity contribution in [2.75, 3.05) is 0 Å². The molecule has 4 atom stereocenters. The van der Waals surface area contributed by atoms with Crippen LogP contribution in [0.25, 0.3) is 0 Å². The second kappa shape index (κ2) is 6.72. The van der Waals surface area contributed by atoms with E-state index in [0.717, 1.165) is 31.3 Å². The van der Waals surface area contributed by atoms with E-state index in [0.29, 0.717) is 12.3 Å². The number of allylic oxidation sites excluding steroid dienone is 2. The van der Waals surface area contributed by atoms with Gasteiger partial charge in [0.2, 0.25) is 0 Å². The standard InChI is InChI=1S/C20H32O2/c1-13(2)17-12-18-16(9-10-20(18,5)22)15(4)8-6-7-14(3)11-19(17)21/h7,12-13,16,18-19,21-22H,4,6,8-11H2,1-3,5H3/b14-7+,17-12-/t16-,18-,19-,20-/m0/s1. The van der Waals surface area contributed by atoms with Crippen molar-refractivity contribution in [2.45, 2.75) is 71.5 Å². The molecule has 2 nitrogen and oxygen atoms in total. The smallest absolute Gasteiger partial charge is 0.0789 e. The third-order valence-electron chi connectivity index (χ3n) is 5.53. The average molecular weight is 304 g/mol. The van der Waals surface area contributed by atoms with Crippen LogP contribution in [0.2, 0.25) is 0 Å². The van der Waals surface area contributed by atoms with Gasteiger partial charge in [0.15, 0.2) is 0 Å². The van der Waals surface area contributed by atoms with E-state index >= 15 is 0 Å². The van der Waals surface area contributed by atoms with Crippen molar-refractivity contribution < 1.29 is 10.2 Å². The zero-order chi connectivity index (χ0) is 16.5. The SMILES string of the molecule is C=C1CC/C=C(\C)C[C@H](O)/C(C(C)C)=C\[C@H]2[C@H]1CC[C@]2(C)O. The number of hydrogen-bond acceptors (Lipinski definition) is 2. The molecule has 0 unspecified atom stereocenters. The van der Waals surface area contributed by atoms with E-state index < -0.39 is 11.7 Å². The van der Waals surface area contributed by atoms with Crippen molar-refractivity contribution in [3.63, 3.8) is 0 Å². The molecule has 0 amide bonds. The van der Waals surface area contributed by atoms with Gasteiger partial charge in [0.1, 0.15) is 0 Å². The summed E-state index contributed by atoms with van der Waals surface area (Å²) in [5.41, 5.74) is 2.87. The maximum atomic E-state index is 10.8. The Hall–Kier alpha value is -0.860. The summed E-state index contributed by atoms with van der Waals surface area (Å²) in [5, 5.41) is 21.5. The lowest BCUT2D eigenvalue weighted by Crippen LogP contribution is -2.32. The molecule has 2 aliphatic carbocycles. The normalized spacial score (nSPS) is 42.1. The Bertz CT molecular complexity index is 482. The highest BCUT2D eigenvalue weighted by molar-refractivity contribution is 5.24. The van der Waals surface area contributed by atoms with E-state index in [1.54, 1.807) is 0 Å². The van der Waals surface area contributed by atoms with Gasteiger partial charge in [-0.3, -0.25) is 0 Å². The van der Waals surface area contributed by atoms with Gasteiger partial charge in [-0.25, -0.2) is 0 Å². The van der Waals surface area contributed by atoms with Crippen molar-refractivity contribution in [3.05, 3.63) is 35.5 Å². The van der Waals surface area contributed by atoms with Crippen LogP contribution in [0.1, 0.15) is 59.8 Å². The molecule has 1 saturated carbocycles. The lowest BCUT2D eigenvalue weighted by molar-refractivity contribution is 0.0319. The van der Waals surface area contributed by atoms with Crippen molar-refractivity contribution in [3.8, 4) is 0 Å². The highest BCUT2D eigenvalue weighted by atomic mass is 16.3. The molecule has 22 heavy (non-hydrogen) atoms. The molecule has 2 rings (SSSR count). The molecule has 0 bridgehead atoms. The van der Waals surface area contributed by atoms with Gasteiger partial charge in [-0.15, -0.1) is 0 Å². The van der Waals surface area contributed by atoms with Crippen LogP contribution in [0.3, 0.4) is 0 Å². The second-order valence-corrected chi connectivity index (χ2v) is 7.82. The maximum absolute atomic E-state index is 10.8. The number of aliphatic hydroxyl groups excluding tert-OH is 1. The Morgan fingerprint density at radius 3 is 2.68 bits per heavy atom. The van der Waals surface area contributed by atoms with Gasteiger partial charge in [0.05, 0.1) is 11.7 Å². The van der Waals surface area contributed by atoms with Crippen LogP contribution in [0.4, 0.5) is 0 Å². The molecular weight excluding hydrogens is 272 g/mol. The fraction of sp³-hybridized carbons (Fsp3) is 0.700. The van der Waals surface area contributed by atoms with Gasteiger partial charge in [-0.1, -0.05) is 43.7 Å². The van der Waals surface area contributed by atoms with Crippen molar-refractivity contribution in [1.82, 2.24) is 0 Å². The summed E-state index contributed by atoms with van der Waals surface area (Å²) >= 11 is 0. The van der Waals surface area contributed by atoms with Crippen LogP contribution >= 0.6 is 0 Å². The minimum absolute atomic E-state index is 0.0745. The summed E-state index contributed by atoms with van der Waals surface area (Å²) < 4.78 is 0. The zero-order valence-electron chi connectivity index (χ0n) is 14.6. The Balaban J connectivity index is 2.44. The zero-order valence-corrected chi connectivity index (χ0v) is 14.6. The number of rotatable bonds is 1. The third-order valence-corrected chi connectivity index (χ3v) is 5.53. The molecule has 0 heterocycles. The van der Waals surface area contributed by atoms with Crippen LogP contribution in [0.5, 0.6) is 0 Å². The quantitative estimate of drug-likeness (QED) is 0.705. The maximum Gasteiger partial charge on any atom is 0.0789 e. The summed E-state index contributed by atoms with van der Waals surface area (Å²) in [6.45, 7) is 12.6. The molecular formula is C20H32O2. The molecule has 124 valence electrons. The number of fused-ring (bicyclic) bond motifs is 1. The van der Waals surface area contributed by atoms with Crippen LogP contribution < -0.4 is 0 Å². The van der Waals surface area contributed by atoms with Gasteiger partial charge in [-0.2, -0.15) is 0 Å². The average Bonchev–Trinajstić information content (AvgIpc) is 2.68. The minimum atomic E-state index is -0.690. The van der Waals surface area contributed by atoms with E-state index in [-0.39, 0.29) is 11.8 Å². The van der Waals surface area contributed by atoms with Crippen LogP contribution in [-0.4, -0.2) is 21.9 Å². The van der Waals surface area contributed by atoms with Gasteiger partial charge in [0.25, 0.3) is 0 Å². The van der Waals surface area contributed by atoms with E-state index in [4.69, 9.17) is 0 Å². The van der Waals surface area contributed by atoms with Gasteiger partial charge in [0, 0.05) is 5.92 Å². The summed E-state index contributed by atoms with van der Waals surface area (Å²) in [4.78, 5) is 0. The van der Waals surface area contributed by atoms with E-state index in [1.807, 2.05) is 6.92 Å². The molecule has 0 radical (unpaired) electrons. The third kappa shape index (κ3) is 3.72.